The van der Waals surface area contributed by atoms with Gasteiger partial charge < -0.3 is 4.74 Å². The van der Waals surface area contributed by atoms with Gasteiger partial charge in [-0.05, 0) is 63.1 Å². The summed E-state index contributed by atoms with van der Waals surface area (Å²) in [5.41, 5.74) is 5.02. The molecule has 1 aromatic heterocycles. The minimum atomic E-state index is -0.188. The first-order valence-corrected chi connectivity index (χ1v) is 9.39. The molecule has 0 atom stereocenters. The van der Waals surface area contributed by atoms with Crippen LogP contribution in [0.15, 0.2) is 42.5 Å². The van der Waals surface area contributed by atoms with E-state index in [0.717, 1.165) is 16.1 Å². The zero-order valence-electron chi connectivity index (χ0n) is 15.4. The van der Waals surface area contributed by atoms with E-state index in [-0.39, 0.29) is 5.91 Å². The van der Waals surface area contributed by atoms with Gasteiger partial charge in [0.1, 0.15) is 5.75 Å². The van der Waals surface area contributed by atoms with Crippen molar-refractivity contribution in [3.05, 3.63) is 64.0 Å². The smallest absolute Gasteiger partial charge is 0.257 e. The van der Waals surface area contributed by atoms with Crippen LogP contribution in [0.1, 0.15) is 33.3 Å². The fourth-order valence-electron chi connectivity index (χ4n) is 2.67. The van der Waals surface area contributed by atoms with Gasteiger partial charge in [0.05, 0.1) is 12.3 Å². The molecule has 4 nitrogen and oxygen atoms in total. The monoisotopic (exact) mass is 366 g/mol. The van der Waals surface area contributed by atoms with Crippen molar-refractivity contribution in [3.8, 4) is 17.0 Å². The fourth-order valence-corrected chi connectivity index (χ4v) is 3.50. The van der Waals surface area contributed by atoms with Gasteiger partial charge in [-0.15, -0.1) is 11.3 Å². The molecule has 0 radical (unpaired) electrons. The van der Waals surface area contributed by atoms with E-state index in [4.69, 9.17) is 4.74 Å². The van der Waals surface area contributed by atoms with E-state index < -0.39 is 0 Å². The maximum atomic E-state index is 12.5. The van der Waals surface area contributed by atoms with Crippen LogP contribution >= 0.6 is 11.3 Å². The first-order chi connectivity index (χ1) is 12.5. The first kappa shape index (κ1) is 18.1. The number of carbonyl (C=O) groups is 1. The Balaban J connectivity index is 1.82. The van der Waals surface area contributed by atoms with E-state index in [1.807, 2.05) is 26.0 Å². The Morgan fingerprint density at radius 3 is 2.65 bits per heavy atom. The molecular weight excluding hydrogens is 344 g/mol. The normalized spacial score (nSPS) is 10.6. The zero-order chi connectivity index (χ0) is 18.7. The van der Waals surface area contributed by atoms with E-state index >= 15 is 0 Å². The van der Waals surface area contributed by atoms with Gasteiger partial charge in [0.25, 0.3) is 5.91 Å². The molecule has 5 heteroatoms. The number of benzene rings is 2. The Labute approximate surface area is 157 Å². The highest BCUT2D eigenvalue weighted by Gasteiger charge is 2.14. The molecule has 1 N–H and O–H groups in total. The minimum absolute atomic E-state index is 0.188. The average Bonchev–Trinajstić information content (AvgIpc) is 2.98. The highest BCUT2D eigenvalue weighted by Crippen LogP contribution is 2.31. The number of carbonyl (C=O) groups excluding carboxylic acids is 1. The largest absolute Gasteiger partial charge is 0.494 e. The zero-order valence-corrected chi connectivity index (χ0v) is 16.2. The van der Waals surface area contributed by atoms with Gasteiger partial charge in [-0.25, -0.2) is 4.98 Å². The molecule has 3 aromatic rings. The van der Waals surface area contributed by atoms with Crippen LogP contribution in [0.2, 0.25) is 0 Å². The van der Waals surface area contributed by atoms with Gasteiger partial charge >= 0.3 is 0 Å². The number of anilines is 1. The van der Waals surface area contributed by atoms with E-state index in [9.17, 15) is 4.79 Å². The summed E-state index contributed by atoms with van der Waals surface area (Å²) in [6.07, 6.45) is 0. The van der Waals surface area contributed by atoms with Crippen LogP contribution in [0, 0.1) is 20.8 Å². The number of hydrogen-bond donors (Lipinski definition) is 1. The number of ether oxygens (including phenoxy) is 1. The van der Waals surface area contributed by atoms with E-state index in [1.165, 1.54) is 22.5 Å². The second-order valence-corrected chi connectivity index (χ2v) is 7.34. The molecule has 0 saturated carbocycles. The highest BCUT2D eigenvalue weighted by molar-refractivity contribution is 7.16. The SMILES string of the molecule is CCOc1cccc(C(=O)Nc2nc(-c3ccc(C)c(C)c3)c(C)s2)c1. The number of nitrogens with zero attached hydrogens (tertiary/aromatic N) is 1. The molecule has 26 heavy (non-hydrogen) atoms. The second kappa shape index (κ2) is 7.70. The van der Waals surface area contributed by atoms with Crippen LogP contribution in [0.5, 0.6) is 5.75 Å². The lowest BCUT2D eigenvalue weighted by molar-refractivity contribution is 0.102. The Kier molecular flexibility index (Phi) is 5.38. The second-order valence-electron chi connectivity index (χ2n) is 6.14. The Hall–Kier alpha value is -2.66. The molecule has 134 valence electrons. The molecule has 1 heterocycles. The molecule has 0 aliphatic heterocycles. The van der Waals surface area contributed by atoms with Crippen LogP contribution in [0.25, 0.3) is 11.3 Å². The molecule has 0 unspecified atom stereocenters. The summed E-state index contributed by atoms with van der Waals surface area (Å²) in [7, 11) is 0. The topological polar surface area (TPSA) is 51.2 Å². The van der Waals surface area contributed by atoms with E-state index in [0.29, 0.717) is 23.1 Å². The average molecular weight is 366 g/mol. The number of amides is 1. The fraction of sp³-hybridized carbons (Fsp3) is 0.238. The maximum Gasteiger partial charge on any atom is 0.257 e. The van der Waals surface area contributed by atoms with Crippen LogP contribution in [-0.2, 0) is 0 Å². The summed E-state index contributed by atoms with van der Waals surface area (Å²) < 4.78 is 5.46. The van der Waals surface area contributed by atoms with Crippen molar-refractivity contribution < 1.29 is 9.53 Å². The highest BCUT2D eigenvalue weighted by atomic mass is 32.1. The Morgan fingerprint density at radius 1 is 1.12 bits per heavy atom. The van der Waals surface area contributed by atoms with Crippen molar-refractivity contribution in [2.45, 2.75) is 27.7 Å². The van der Waals surface area contributed by atoms with Gasteiger partial charge in [0.15, 0.2) is 5.13 Å². The summed E-state index contributed by atoms with van der Waals surface area (Å²) in [6.45, 7) is 8.69. The number of aryl methyl sites for hydroxylation is 3. The third kappa shape index (κ3) is 3.94. The molecule has 2 aromatic carbocycles. The third-order valence-electron chi connectivity index (χ3n) is 4.20. The standard InChI is InChI=1S/C21H22N2O2S/c1-5-25-18-8-6-7-17(12-18)20(24)23-21-22-19(15(4)26-21)16-10-9-13(2)14(3)11-16/h6-12H,5H2,1-4H3,(H,22,23,24). The predicted octanol–water partition coefficient (Wildman–Crippen LogP) is 5.39. The van der Waals surface area contributed by atoms with Gasteiger partial charge in [-0.3, -0.25) is 10.1 Å². The number of thiazole rings is 1. The van der Waals surface area contributed by atoms with E-state index in [1.54, 1.807) is 12.1 Å². The number of nitrogens with one attached hydrogen (secondary N) is 1. The predicted molar refractivity (Wildman–Crippen MR) is 107 cm³/mol. The molecular formula is C21H22N2O2S. The third-order valence-corrected chi connectivity index (χ3v) is 5.09. The van der Waals surface area contributed by atoms with Gasteiger partial charge in [0.2, 0.25) is 0 Å². The first-order valence-electron chi connectivity index (χ1n) is 8.57. The van der Waals surface area contributed by atoms with E-state index in [2.05, 4.69) is 42.3 Å². The molecule has 0 bridgehead atoms. The Bertz CT molecular complexity index is 947. The molecule has 1 amide bonds. The van der Waals surface area contributed by atoms with Crippen LogP contribution in [-0.4, -0.2) is 17.5 Å². The summed E-state index contributed by atoms with van der Waals surface area (Å²) >= 11 is 1.48. The summed E-state index contributed by atoms with van der Waals surface area (Å²) in [5.74, 6) is 0.498. The van der Waals surface area contributed by atoms with Gasteiger partial charge in [-0.2, -0.15) is 0 Å². The molecule has 0 fully saturated rings. The van der Waals surface area contributed by atoms with Crippen LogP contribution in [0.3, 0.4) is 0 Å². The van der Waals surface area contributed by atoms with Crippen molar-refractivity contribution in [2.75, 3.05) is 11.9 Å². The maximum absolute atomic E-state index is 12.5. The van der Waals surface area contributed by atoms with Gasteiger partial charge in [-0.1, -0.05) is 18.2 Å². The molecule has 0 aliphatic carbocycles. The van der Waals surface area contributed by atoms with Crippen molar-refractivity contribution >= 4 is 22.4 Å². The molecule has 0 spiro atoms. The van der Waals surface area contributed by atoms with Crippen LogP contribution < -0.4 is 10.1 Å². The molecule has 3 rings (SSSR count). The molecule has 0 aliphatic rings. The summed E-state index contributed by atoms with van der Waals surface area (Å²) in [5, 5.41) is 3.50. The minimum Gasteiger partial charge on any atom is -0.494 e. The summed E-state index contributed by atoms with van der Waals surface area (Å²) in [6, 6.07) is 13.5. The number of hydrogen-bond acceptors (Lipinski definition) is 4. The lowest BCUT2D eigenvalue weighted by Gasteiger charge is -2.06. The molecule has 0 saturated heterocycles. The van der Waals surface area contributed by atoms with Gasteiger partial charge in [0, 0.05) is 16.0 Å². The lowest BCUT2D eigenvalue weighted by Crippen LogP contribution is -2.11. The number of aromatic nitrogens is 1. The van der Waals surface area contributed by atoms with Crippen molar-refractivity contribution in [1.29, 1.82) is 0 Å². The van der Waals surface area contributed by atoms with Crippen molar-refractivity contribution in [2.24, 2.45) is 0 Å². The summed E-state index contributed by atoms with van der Waals surface area (Å²) in [4.78, 5) is 18.2. The lowest BCUT2D eigenvalue weighted by atomic mass is 10.0. The quantitative estimate of drug-likeness (QED) is 0.659. The van der Waals surface area contributed by atoms with Crippen LogP contribution in [0.4, 0.5) is 5.13 Å². The number of rotatable bonds is 5. The van der Waals surface area contributed by atoms with Crippen molar-refractivity contribution in [1.82, 2.24) is 4.98 Å². The Morgan fingerprint density at radius 2 is 1.92 bits per heavy atom. The van der Waals surface area contributed by atoms with Crippen molar-refractivity contribution in [3.63, 3.8) is 0 Å².